The van der Waals surface area contributed by atoms with Gasteiger partial charge < -0.3 is 24.1 Å². The molecule has 2 heterocycles. The van der Waals surface area contributed by atoms with Gasteiger partial charge in [0, 0.05) is 5.56 Å². The summed E-state index contributed by atoms with van der Waals surface area (Å²) in [5, 5.41) is 11.7. The highest BCUT2D eigenvalue weighted by Crippen LogP contribution is 2.45. The monoisotopic (exact) mass is 622 g/mol. The van der Waals surface area contributed by atoms with Gasteiger partial charge in [0.15, 0.2) is 16.6 Å². The number of aryl methyl sites for hydroxylation is 1. The molecule has 1 saturated heterocycles. The number of rotatable bonds is 14. The summed E-state index contributed by atoms with van der Waals surface area (Å²) in [4.78, 5) is 45.9. The highest BCUT2D eigenvalue weighted by Gasteiger charge is 2.48. The lowest BCUT2D eigenvalue weighted by Crippen LogP contribution is -2.29. The van der Waals surface area contributed by atoms with Gasteiger partial charge in [-0.1, -0.05) is 37.2 Å². The molecule has 11 heteroatoms. The van der Waals surface area contributed by atoms with Crippen molar-refractivity contribution in [1.29, 1.82) is 0 Å². The van der Waals surface area contributed by atoms with E-state index >= 15 is 0 Å². The van der Waals surface area contributed by atoms with E-state index in [9.17, 15) is 19.5 Å². The molecule has 1 aromatic heterocycles. The van der Waals surface area contributed by atoms with Crippen LogP contribution in [0.25, 0.3) is 5.76 Å². The number of benzene rings is 2. The first-order valence-electron chi connectivity index (χ1n) is 14.8. The van der Waals surface area contributed by atoms with Crippen LogP contribution in [0.5, 0.6) is 17.2 Å². The number of aliphatic hydroxyl groups excluding tert-OH is 1. The smallest absolute Gasteiger partial charge is 0.350 e. The molecule has 1 aliphatic heterocycles. The molecule has 44 heavy (non-hydrogen) atoms. The number of nitrogens with zero attached hydrogens (tertiary/aromatic N) is 2. The number of esters is 1. The summed E-state index contributed by atoms with van der Waals surface area (Å²) in [5.74, 6) is -1.12. The van der Waals surface area contributed by atoms with Crippen molar-refractivity contribution in [1.82, 2.24) is 4.98 Å². The molecule has 0 radical (unpaired) electrons. The number of anilines is 1. The predicted octanol–water partition coefficient (Wildman–Crippen LogP) is 6.62. The van der Waals surface area contributed by atoms with Gasteiger partial charge in [-0.05, 0) is 76.1 Å². The second-order valence-corrected chi connectivity index (χ2v) is 10.9. The van der Waals surface area contributed by atoms with Crippen LogP contribution < -0.4 is 19.1 Å². The molecular weight excluding hydrogens is 584 g/mol. The zero-order valence-corrected chi connectivity index (χ0v) is 26.5. The van der Waals surface area contributed by atoms with Crippen LogP contribution in [-0.2, 0) is 14.3 Å². The van der Waals surface area contributed by atoms with Crippen LogP contribution in [-0.4, -0.2) is 54.2 Å². The molecule has 1 aliphatic rings. The molecule has 1 amide bonds. The molecule has 0 saturated carbocycles. The minimum atomic E-state index is -1.07. The highest BCUT2D eigenvalue weighted by molar-refractivity contribution is 7.17. The van der Waals surface area contributed by atoms with Gasteiger partial charge in [0.1, 0.15) is 16.4 Å². The van der Waals surface area contributed by atoms with Gasteiger partial charge in [0.25, 0.3) is 5.78 Å². The number of amides is 1. The molecule has 1 unspecified atom stereocenters. The number of hydrogen-bond acceptors (Lipinski definition) is 10. The lowest BCUT2D eigenvalue weighted by molar-refractivity contribution is -0.132. The highest BCUT2D eigenvalue weighted by atomic mass is 32.1. The van der Waals surface area contributed by atoms with E-state index in [1.807, 2.05) is 13.8 Å². The Morgan fingerprint density at radius 2 is 1.66 bits per heavy atom. The van der Waals surface area contributed by atoms with Crippen molar-refractivity contribution < 1.29 is 38.4 Å². The lowest BCUT2D eigenvalue weighted by atomic mass is 9.95. The Kier molecular flexibility index (Phi) is 11.0. The second kappa shape index (κ2) is 14.9. The maximum atomic E-state index is 13.7. The number of ketones is 1. The zero-order chi connectivity index (χ0) is 31.8. The third kappa shape index (κ3) is 6.88. The van der Waals surface area contributed by atoms with E-state index in [1.54, 1.807) is 56.3 Å². The molecule has 4 rings (SSSR count). The molecule has 2 aromatic carbocycles. The second-order valence-electron chi connectivity index (χ2n) is 9.95. The Bertz CT molecular complexity index is 1530. The van der Waals surface area contributed by atoms with E-state index in [1.165, 1.54) is 4.90 Å². The van der Waals surface area contributed by atoms with E-state index in [0.717, 1.165) is 30.6 Å². The molecule has 0 spiro atoms. The summed E-state index contributed by atoms with van der Waals surface area (Å²) in [5.41, 5.74) is 1.07. The van der Waals surface area contributed by atoms with Crippen molar-refractivity contribution in [2.75, 3.05) is 31.3 Å². The quantitative estimate of drug-likeness (QED) is 0.0694. The van der Waals surface area contributed by atoms with Gasteiger partial charge in [-0.2, -0.15) is 0 Å². The fourth-order valence-electron chi connectivity index (χ4n) is 4.86. The minimum Gasteiger partial charge on any atom is -0.507 e. The van der Waals surface area contributed by atoms with Gasteiger partial charge >= 0.3 is 11.9 Å². The molecule has 1 atom stereocenters. The number of aliphatic hydroxyl groups is 1. The van der Waals surface area contributed by atoms with Gasteiger partial charge in [0.05, 0.1) is 43.7 Å². The summed E-state index contributed by atoms with van der Waals surface area (Å²) in [6.07, 6.45) is 2.98. The Morgan fingerprint density at radius 3 is 2.32 bits per heavy atom. The van der Waals surface area contributed by atoms with Gasteiger partial charge in [0.2, 0.25) is 0 Å². The molecule has 0 bridgehead atoms. The number of ether oxygens (including phenoxy) is 4. The van der Waals surface area contributed by atoms with Crippen molar-refractivity contribution in [3.8, 4) is 17.2 Å². The SMILES string of the molecule is CCCCCOc1ccc(C2/C(=C(\O)c3ccc(OCC)cc3)C(=O)C(=O)N2c2nc(C)c(C(=O)OCC)s2)cc1OCC. The third-order valence-corrected chi connectivity index (χ3v) is 8.06. The summed E-state index contributed by atoms with van der Waals surface area (Å²) < 4.78 is 22.6. The maximum absolute atomic E-state index is 13.7. The number of thiazole rings is 1. The number of hydrogen-bond donors (Lipinski definition) is 1. The largest absolute Gasteiger partial charge is 0.507 e. The molecule has 1 N–H and O–H groups in total. The number of carbonyl (C=O) groups is 3. The number of unbranched alkanes of at least 4 members (excludes halogenated alkanes) is 2. The molecule has 0 aliphatic carbocycles. The molecule has 3 aromatic rings. The standard InChI is InChI=1S/C33H38N2O8S/c1-6-10-11-18-43-24-17-14-22(19-25(24)41-8-3)27-26(28(36)21-12-15-23(16-13-21)40-7-2)29(37)31(38)35(27)33-34-20(5)30(44-33)32(39)42-9-4/h12-17,19,27,36H,6-11,18H2,1-5H3/b28-26+. The fourth-order valence-corrected chi connectivity index (χ4v) is 5.85. The van der Waals surface area contributed by atoms with Crippen molar-refractivity contribution in [3.05, 3.63) is 69.7 Å². The zero-order valence-electron chi connectivity index (χ0n) is 25.7. The summed E-state index contributed by atoms with van der Waals surface area (Å²) >= 11 is 0.950. The Balaban J connectivity index is 1.87. The fraction of sp³-hybridized carbons (Fsp3) is 0.394. The van der Waals surface area contributed by atoms with Crippen LogP contribution in [0, 0.1) is 6.92 Å². The van der Waals surface area contributed by atoms with E-state index in [2.05, 4.69) is 11.9 Å². The van der Waals surface area contributed by atoms with E-state index in [0.29, 0.717) is 53.9 Å². The summed E-state index contributed by atoms with van der Waals surface area (Å²) in [7, 11) is 0. The Labute approximate surface area is 261 Å². The van der Waals surface area contributed by atoms with Crippen LogP contribution in [0.1, 0.15) is 79.5 Å². The van der Waals surface area contributed by atoms with Crippen molar-refractivity contribution >= 4 is 39.9 Å². The van der Waals surface area contributed by atoms with E-state index < -0.39 is 23.7 Å². The normalized spacial score (nSPS) is 15.8. The lowest BCUT2D eigenvalue weighted by Gasteiger charge is -2.24. The number of carbonyl (C=O) groups excluding carboxylic acids is 3. The van der Waals surface area contributed by atoms with Gasteiger partial charge in [-0.25, -0.2) is 9.78 Å². The van der Waals surface area contributed by atoms with Crippen molar-refractivity contribution in [2.45, 2.75) is 59.9 Å². The Hall–Kier alpha value is -4.38. The first-order valence-corrected chi connectivity index (χ1v) is 15.6. The first kappa shape index (κ1) is 32.5. The van der Waals surface area contributed by atoms with E-state index in [-0.39, 0.29) is 27.9 Å². The van der Waals surface area contributed by atoms with Crippen LogP contribution in [0.2, 0.25) is 0 Å². The molecule has 10 nitrogen and oxygen atoms in total. The summed E-state index contributed by atoms with van der Waals surface area (Å²) in [6.45, 7) is 10.7. The van der Waals surface area contributed by atoms with Crippen LogP contribution in [0.4, 0.5) is 5.13 Å². The number of Topliss-reactive ketones (excluding diaryl/α,β-unsaturated/α-hetero) is 1. The first-order chi connectivity index (χ1) is 21.2. The number of aromatic nitrogens is 1. The van der Waals surface area contributed by atoms with Crippen LogP contribution in [0.15, 0.2) is 48.0 Å². The van der Waals surface area contributed by atoms with Crippen LogP contribution in [0.3, 0.4) is 0 Å². The molecule has 234 valence electrons. The average molecular weight is 623 g/mol. The van der Waals surface area contributed by atoms with Gasteiger partial charge in [-0.15, -0.1) is 0 Å². The maximum Gasteiger partial charge on any atom is 0.350 e. The van der Waals surface area contributed by atoms with E-state index in [4.69, 9.17) is 18.9 Å². The van der Waals surface area contributed by atoms with Crippen molar-refractivity contribution in [3.63, 3.8) is 0 Å². The van der Waals surface area contributed by atoms with Crippen LogP contribution >= 0.6 is 11.3 Å². The average Bonchev–Trinajstić information content (AvgIpc) is 3.52. The molecule has 1 fully saturated rings. The summed E-state index contributed by atoms with van der Waals surface area (Å²) in [6, 6.07) is 10.7. The third-order valence-electron chi connectivity index (χ3n) is 6.92. The Morgan fingerprint density at radius 1 is 0.932 bits per heavy atom. The van der Waals surface area contributed by atoms with Gasteiger partial charge in [-0.3, -0.25) is 14.5 Å². The topological polar surface area (TPSA) is 124 Å². The minimum absolute atomic E-state index is 0.122. The predicted molar refractivity (Wildman–Crippen MR) is 168 cm³/mol. The molecular formula is C33H38N2O8S. The van der Waals surface area contributed by atoms with Crippen molar-refractivity contribution in [2.24, 2.45) is 0 Å².